The van der Waals surface area contributed by atoms with E-state index < -0.39 is 0 Å². The van der Waals surface area contributed by atoms with Gasteiger partial charge in [0.15, 0.2) is 0 Å². The SMILES string of the molecule is CC1=Nc2ccc(Cl)cc2N=C(N2CCN(CCCc3ccccc3)CC2)C1. The summed E-state index contributed by atoms with van der Waals surface area (Å²) in [6.45, 7) is 7.46. The van der Waals surface area contributed by atoms with Gasteiger partial charge >= 0.3 is 0 Å². The van der Waals surface area contributed by atoms with Gasteiger partial charge in [-0.15, -0.1) is 0 Å². The van der Waals surface area contributed by atoms with Crippen LogP contribution in [0.15, 0.2) is 58.5 Å². The molecule has 1 saturated heterocycles. The van der Waals surface area contributed by atoms with Crippen LogP contribution in [0.2, 0.25) is 5.02 Å². The van der Waals surface area contributed by atoms with Gasteiger partial charge in [0, 0.05) is 43.3 Å². The Kier molecular flexibility index (Phi) is 6.08. The van der Waals surface area contributed by atoms with E-state index in [-0.39, 0.29) is 0 Å². The number of fused-ring (bicyclic) bond motifs is 1. The quantitative estimate of drug-likeness (QED) is 0.720. The molecule has 2 aromatic rings. The Morgan fingerprint density at radius 1 is 0.929 bits per heavy atom. The standard InChI is InChI=1S/C23H27ClN4/c1-18-16-23(26-22-17-20(24)9-10-21(22)25-18)28-14-12-27(13-15-28)11-5-8-19-6-3-2-4-7-19/h2-4,6-7,9-10,17H,5,8,11-16H2,1H3. The van der Waals surface area contributed by atoms with Crippen LogP contribution in [0.5, 0.6) is 0 Å². The number of hydrogen-bond acceptors (Lipinski definition) is 4. The molecule has 0 N–H and O–H groups in total. The van der Waals surface area contributed by atoms with Crippen LogP contribution >= 0.6 is 11.6 Å². The number of halogens is 1. The van der Waals surface area contributed by atoms with Crippen molar-refractivity contribution in [1.82, 2.24) is 9.80 Å². The molecule has 4 rings (SSSR count). The highest BCUT2D eigenvalue weighted by atomic mass is 35.5. The fourth-order valence-electron chi connectivity index (χ4n) is 3.90. The Morgan fingerprint density at radius 2 is 1.71 bits per heavy atom. The summed E-state index contributed by atoms with van der Waals surface area (Å²) in [6, 6.07) is 16.5. The molecule has 0 aliphatic carbocycles. The van der Waals surface area contributed by atoms with E-state index in [1.807, 2.05) is 18.2 Å². The maximum absolute atomic E-state index is 6.17. The Hall–Kier alpha value is -2.17. The molecule has 0 spiro atoms. The molecule has 2 aromatic carbocycles. The van der Waals surface area contributed by atoms with Crippen molar-refractivity contribution >= 4 is 34.5 Å². The molecule has 0 bridgehead atoms. The lowest BCUT2D eigenvalue weighted by molar-refractivity contribution is 0.180. The van der Waals surface area contributed by atoms with Gasteiger partial charge in [-0.3, -0.25) is 9.89 Å². The fraction of sp³-hybridized carbons (Fsp3) is 0.391. The van der Waals surface area contributed by atoms with Crippen molar-refractivity contribution in [3.8, 4) is 0 Å². The maximum atomic E-state index is 6.17. The molecular weight excluding hydrogens is 368 g/mol. The summed E-state index contributed by atoms with van der Waals surface area (Å²) < 4.78 is 0. The van der Waals surface area contributed by atoms with Gasteiger partial charge < -0.3 is 4.90 Å². The van der Waals surface area contributed by atoms with Crippen molar-refractivity contribution in [2.75, 3.05) is 32.7 Å². The van der Waals surface area contributed by atoms with Crippen LogP contribution in [-0.2, 0) is 6.42 Å². The molecular formula is C23H27ClN4. The van der Waals surface area contributed by atoms with E-state index in [4.69, 9.17) is 21.6 Å². The Bertz CT molecular complexity index is 867. The van der Waals surface area contributed by atoms with E-state index in [0.29, 0.717) is 5.02 Å². The minimum Gasteiger partial charge on any atom is -0.357 e. The molecule has 5 heteroatoms. The van der Waals surface area contributed by atoms with Crippen molar-refractivity contribution in [3.63, 3.8) is 0 Å². The third-order valence-corrected chi connectivity index (χ3v) is 5.67. The number of amidine groups is 1. The largest absolute Gasteiger partial charge is 0.357 e. The summed E-state index contributed by atoms with van der Waals surface area (Å²) in [4.78, 5) is 14.6. The van der Waals surface area contributed by atoms with E-state index in [0.717, 1.165) is 68.5 Å². The zero-order valence-electron chi connectivity index (χ0n) is 16.4. The third kappa shape index (κ3) is 4.81. The second-order valence-electron chi connectivity index (χ2n) is 7.60. The van der Waals surface area contributed by atoms with Crippen LogP contribution in [0.25, 0.3) is 0 Å². The monoisotopic (exact) mass is 394 g/mol. The van der Waals surface area contributed by atoms with Crippen LogP contribution in [-0.4, -0.2) is 54.1 Å². The zero-order valence-corrected chi connectivity index (χ0v) is 17.2. The molecule has 0 saturated carbocycles. The fourth-order valence-corrected chi connectivity index (χ4v) is 4.06. The summed E-state index contributed by atoms with van der Waals surface area (Å²) in [7, 11) is 0. The van der Waals surface area contributed by atoms with Gasteiger partial charge in [0.05, 0.1) is 11.4 Å². The molecule has 2 aliphatic heterocycles. The van der Waals surface area contributed by atoms with Gasteiger partial charge in [0.2, 0.25) is 0 Å². The average molecular weight is 395 g/mol. The van der Waals surface area contributed by atoms with Crippen molar-refractivity contribution in [3.05, 3.63) is 59.1 Å². The summed E-state index contributed by atoms with van der Waals surface area (Å²) in [5, 5.41) is 0.708. The Balaban J connectivity index is 1.34. The molecule has 2 aliphatic rings. The van der Waals surface area contributed by atoms with Crippen LogP contribution in [0, 0.1) is 0 Å². The molecule has 0 aromatic heterocycles. The molecule has 146 valence electrons. The van der Waals surface area contributed by atoms with Crippen molar-refractivity contribution in [2.45, 2.75) is 26.2 Å². The van der Waals surface area contributed by atoms with E-state index in [1.54, 1.807) is 0 Å². The average Bonchev–Trinajstić information content (AvgIpc) is 2.87. The number of aryl methyl sites for hydroxylation is 1. The van der Waals surface area contributed by atoms with Gasteiger partial charge in [-0.25, -0.2) is 4.99 Å². The van der Waals surface area contributed by atoms with Gasteiger partial charge in [-0.1, -0.05) is 41.9 Å². The van der Waals surface area contributed by atoms with Crippen molar-refractivity contribution < 1.29 is 0 Å². The molecule has 28 heavy (non-hydrogen) atoms. The predicted octanol–water partition coefficient (Wildman–Crippen LogP) is 5.12. The molecule has 0 radical (unpaired) electrons. The van der Waals surface area contributed by atoms with Crippen molar-refractivity contribution in [2.24, 2.45) is 9.98 Å². The van der Waals surface area contributed by atoms with Crippen LogP contribution in [0.4, 0.5) is 11.4 Å². The first-order chi connectivity index (χ1) is 13.7. The second-order valence-corrected chi connectivity index (χ2v) is 8.04. The molecule has 0 unspecified atom stereocenters. The number of nitrogens with zero attached hydrogens (tertiary/aromatic N) is 4. The first-order valence-electron chi connectivity index (χ1n) is 10.1. The van der Waals surface area contributed by atoms with Crippen LogP contribution in [0.3, 0.4) is 0 Å². The normalized spacial score (nSPS) is 17.6. The predicted molar refractivity (Wildman–Crippen MR) is 119 cm³/mol. The zero-order chi connectivity index (χ0) is 19.3. The summed E-state index contributed by atoms with van der Waals surface area (Å²) in [5.41, 5.74) is 4.33. The minimum atomic E-state index is 0.708. The smallest absolute Gasteiger partial charge is 0.111 e. The second kappa shape index (κ2) is 8.89. The highest BCUT2D eigenvalue weighted by Crippen LogP contribution is 2.33. The lowest BCUT2D eigenvalue weighted by Crippen LogP contribution is -2.49. The van der Waals surface area contributed by atoms with Crippen molar-refractivity contribution in [1.29, 1.82) is 0 Å². The van der Waals surface area contributed by atoms with E-state index in [1.165, 1.54) is 12.0 Å². The lowest BCUT2D eigenvalue weighted by Gasteiger charge is -2.36. The van der Waals surface area contributed by atoms with Crippen LogP contribution < -0.4 is 0 Å². The lowest BCUT2D eigenvalue weighted by atomic mass is 10.1. The molecule has 4 nitrogen and oxygen atoms in total. The first-order valence-corrected chi connectivity index (χ1v) is 10.5. The van der Waals surface area contributed by atoms with Gasteiger partial charge in [0.25, 0.3) is 0 Å². The highest BCUT2D eigenvalue weighted by molar-refractivity contribution is 6.31. The molecule has 0 atom stereocenters. The van der Waals surface area contributed by atoms with Crippen LogP contribution in [0.1, 0.15) is 25.3 Å². The minimum absolute atomic E-state index is 0.708. The molecule has 0 amide bonds. The third-order valence-electron chi connectivity index (χ3n) is 5.43. The topological polar surface area (TPSA) is 31.2 Å². The molecule has 1 fully saturated rings. The van der Waals surface area contributed by atoms with E-state index in [2.05, 4.69) is 47.1 Å². The van der Waals surface area contributed by atoms with Gasteiger partial charge in [-0.05, 0) is 50.1 Å². The summed E-state index contributed by atoms with van der Waals surface area (Å²) in [6.07, 6.45) is 3.17. The number of benzene rings is 2. The number of piperazine rings is 1. The van der Waals surface area contributed by atoms with E-state index in [9.17, 15) is 0 Å². The number of rotatable bonds is 4. The Morgan fingerprint density at radius 3 is 2.50 bits per heavy atom. The van der Waals surface area contributed by atoms with Gasteiger partial charge in [-0.2, -0.15) is 0 Å². The first kappa shape index (κ1) is 19.2. The Labute approximate surface area is 172 Å². The maximum Gasteiger partial charge on any atom is 0.111 e. The summed E-state index contributed by atoms with van der Waals surface area (Å²) in [5.74, 6) is 1.12. The van der Waals surface area contributed by atoms with E-state index >= 15 is 0 Å². The highest BCUT2D eigenvalue weighted by Gasteiger charge is 2.22. The number of hydrogen-bond donors (Lipinski definition) is 0. The summed E-state index contributed by atoms with van der Waals surface area (Å²) >= 11 is 6.17. The molecule has 2 heterocycles. The number of aliphatic imine (C=N–C) groups is 2. The van der Waals surface area contributed by atoms with Gasteiger partial charge in [0.1, 0.15) is 5.84 Å².